The van der Waals surface area contributed by atoms with Crippen molar-refractivity contribution in [2.75, 3.05) is 0 Å². The summed E-state index contributed by atoms with van der Waals surface area (Å²) in [4.78, 5) is 18.8. The van der Waals surface area contributed by atoms with Crippen LogP contribution in [0.2, 0.25) is 0 Å². The molecule has 28 heavy (non-hydrogen) atoms. The van der Waals surface area contributed by atoms with Gasteiger partial charge in [0.15, 0.2) is 5.16 Å². The van der Waals surface area contributed by atoms with Crippen LogP contribution in [-0.2, 0) is 11.3 Å². The van der Waals surface area contributed by atoms with Gasteiger partial charge in [0.05, 0.1) is 17.1 Å². The highest BCUT2D eigenvalue weighted by Crippen LogP contribution is 2.32. The van der Waals surface area contributed by atoms with Crippen molar-refractivity contribution in [2.24, 2.45) is 0 Å². The summed E-state index contributed by atoms with van der Waals surface area (Å²) in [6.07, 6.45) is -2.96. The van der Waals surface area contributed by atoms with E-state index in [9.17, 15) is 18.0 Å². The van der Waals surface area contributed by atoms with Gasteiger partial charge in [0.25, 0.3) is 0 Å². The lowest BCUT2D eigenvalue weighted by Crippen LogP contribution is -2.45. The number of aromatic nitrogens is 2. The molecule has 2 aromatic rings. The molecule has 0 N–H and O–H groups in total. The van der Waals surface area contributed by atoms with Gasteiger partial charge in [-0.2, -0.15) is 13.2 Å². The van der Waals surface area contributed by atoms with Gasteiger partial charge in [-0.15, -0.1) is 0 Å². The molecule has 1 heterocycles. The van der Waals surface area contributed by atoms with Crippen molar-refractivity contribution in [3.8, 4) is 11.3 Å². The number of hydrogen-bond donors (Lipinski definition) is 0. The average molecular weight is 414 g/mol. The number of amides is 1. The molecule has 0 saturated heterocycles. The van der Waals surface area contributed by atoms with Crippen LogP contribution in [0.3, 0.4) is 0 Å². The molecule has 154 valence electrons. The Morgan fingerprint density at radius 2 is 1.68 bits per heavy atom. The Hall–Kier alpha value is -1.96. The number of thioether (sulfide) groups is 1. The predicted molar refractivity (Wildman–Crippen MR) is 106 cm³/mol. The van der Waals surface area contributed by atoms with E-state index in [0.717, 1.165) is 16.3 Å². The molecule has 1 atom stereocenters. The molecule has 0 spiro atoms. The maximum absolute atomic E-state index is 13.2. The summed E-state index contributed by atoms with van der Waals surface area (Å²) in [5.74, 6) is -0.113. The Kier molecular flexibility index (Phi) is 7.20. The molecule has 0 aliphatic rings. The number of nitrogens with zero attached hydrogens (tertiary/aromatic N) is 3. The second-order valence-electron chi connectivity index (χ2n) is 7.19. The van der Waals surface area contributed by atoms with Crippen LogP contribution in [0.1, 0.15) is 34.6 Å². The van der Waals surface area contributed by atoms with Crippen molar-refractivity contribution in [1.82, 2.24) is 14.5 Å². The largest absolute Gasteiger partial charge is 0.406 e. The molecule has 0 radical (unpaired) electrons. The average Bonchev–Trinajstić information content (AvgIpc) is 2.95. The van der Waals surface area contributed by atoms with Gasteiger partial charge in [-0.1, -0.05) is 42.1 Å². The summed E-state index contributed by atoms with van der Waals surface area (Å²) in [7, 11) is 0. The summed E-state index contributed by atoms with van der Waals surface area (Å²) in [5, 5.41) is -0.368. The lowest BCUT2D eigenvalue weighted by atomic mass is 10.2. The van der Waals surface area contributed by atoms with Crippen LogP contribution in [0.4, 0.5) is 13.2 Å². The normalized spacial score (nSPS) is 13.2. The third kappa shape index (κ3) is 5.53. The number of alkyl halides is 3. The third-order valence-corrected chi connectivity index (χ3v) is 5.31. The molecule has 1 amide bonds. The van der Waals surface area contributed by atoms with E-state index >= 15 is 0 Å². The minimum Gasteiger partial charge on any atom is -0.337 e. The van der Waals surface area contributed by atoms with Crippen LogP contribution in [0.25, 0.3) is 11.3 Å². The van der Waals surface area contributed by atoms with Crippen LogP contribution in [0.15, 0.2) is 41.7 Å². The Bertz CT molecular complexity index is 780. The summed E-state index contributed by atoms with van der Waals surface area (Å²) in [5.41, 5.74) is 1.03. The Labute approximate surface area is 168 Å². The van der Waals surface area contributed by atoms with Crippen LogP contribution in [0.5, 0.6) is 0 Å². The zero-order valence-electron chi connectivity index (χ0n) is 16.7. The zero-order valence-corrected chi connectivity index (χ0v) is 17.5. The minimum atomic E-state index is -4.39. The van der Waals surface area contributed by atoms with Gasteiger partial charge in [0.1, 0.15) is 6.54 Å². The zero-order chi connectivity index (χ0) is 21.1. The number of halogens is 3. The monoisotopic (exact) mass is 413 g/mol. The Morgan fingerprint density at radius 3 is 2.18 bits per heavy atom. The lowest BCUT2D eigenvalue weighted by molar-refractivity contribution is -0.141. The molecule has 4 nitrogen and oxygen atoms in total. The molecule has 0 saturated carbocycles. The quantitative estimate of drug-likeness (QED) is 0.583. The first-order valence-corrected chi connectivity index (χ1v) is 10.1. The van der Waals surface area contributed by atoms with E-state index in [4.69, 9.17) is 0 Å². The van der Waals surface area contributed by atoms with Gasteiger partial charge in [0, 0.05) is 12.1 Å². The fraction of sp³-hybridized carbons (Fsp3) is 0.500. The van der Waals surface area contributed by atoms with Gasteiger partial charge in [0.2, 0.25) is 5.91 Å². The van der Waals surface area contributed by atoms with E-state index < -0.39 is 18.0 Å². The number of benzene rings is 1. The smallest absolute Gasteiger partial charge is 0.337 e. The van der Waals surface area contributed by atoms with Crippen molar-refractivity contribution in [3.05, 3.63) is 36.5 Å². The molecule has 0 fully saturated rings. The predicted octanol–water partition coefficient (Wildman–Crippen LogP) is 5.24. The molecule has 2 rings (SSSR count). The highest BCUT2D eigenvalue weighted by Gasteiger charge is 2.32. The molecule has 0 bridgehead atoms. The standard InChI is InChI=1S/C20H26F3N3OS/c1-13(2)26(14(3)4)18(27)15(5)28-19-24-11-17(16-9-7-6-8-10-16)25(19)12-20(21,22)23/h6-11,13-15H,12H2,1-5H3. The molecule has 8 heteroatoms. The van der Waals surface area contributed by atoms with Crippen LogP contribution < -0.4 is 0 Å². The first kappa shape index (κ1) is 22.3. The number of carbonyl (C=O) groups excluding carboxylic acids is 1. The number of rotatable bonds is 7. The maximum atomic E-state index is 13.2. The molecule has 1 aromatic carbocycles. The van der Waals surface area contributed by atoms with E-state index in [-0.39, 0.29) is 23.1 Å². The Morgan fingerprint density at radius 1 is 1.11 bits per heavy atom. The van der Waals surface area contributed by atoms with E-state index in [2.05, 4.69) is 4.98 Å². The van der Waals surface area contributed by atoms with E-state index in [1.807, 2.05) is 27.7 Å². The minimum absolute atomic E-state index is 0.00495. The van der Waals surface area contributed by atoms with E-state index in [1.165, 1.54) is 6.20 Å². The SMILES string of the molecule is CC(Sc1ncc(-c2ccccc2)n1CC(F)(F)F)C(=O)N(C(C)C)C(C)C. The highest BCUT2D eigenvalue weighted by atomic mass is 32.2. The van der Waals surface area contributed by atoms with Crippen molar-refractivity contribution >= 4 is 17.7 Å². The molecule has 0 aliphatic heterocycles. The number of carbonyl (C=O) groups is 1. The second kappa shape index (κ2) is 9.03. The van der Waals surface area contributed by atoms with Crippen molar-refractivity contribution in [3.63, 3.8) is 0 Å². The van der Waals surface area contributed by atoms with Gasteiger partial charge >= 0.3 is 6.18 Å². The first-order valence-electron chi connectivity index (χ1n) is 9.17. The van der Waals surface area contributed by atoms with Gasteiger partial charge < -0.3 is 9.47 Å². The lowest BCUT2D eigenvalue weighted by Gasteiger charge is -2.32. The van der Waals surface area contributed by atoms with Crippen LogP contribution in [0, 0.1) is 0 Å². The first-order chi connectivity index (χ1) is 13.0. The van der Waals surface area contributed by atoms with E-state index in [0.29, 0.717) is 11.3 Å². The fourth-order valence-electron chi connectivity index (χ4n) is 3.15. The maximum Gasteiger partial charge on any atom is 0.406 e. The van der Waals surface area contributed by atoms with E-state index in [1.54, 1.807) is 42.2 Å². The van der Waals surface area contributed by atoms with Crippen molar-refractivity contribution < 1.29 is 18.0 Å². The highest BCUT2D eigenvalue weighted by molar-refractivity contribution is 8.00. The van der Waals surface area contributed by atoms with Crippen molar-refractivity contribution in [1.29, 1.82) is 0 Å². The summed E-state index contributed by atoms with van der Waals surface area (Å²) in [6.45, 7) is 8.25. The molecular weight excluding hydrogens is 387 g/mol. The topological polar surface area (TPSA) is 38.1 Å². The Balaban J connectivity index is 2.35. The van der Waals surface area contributed by atoms with Crippen molar-refractivity contribution in [2.45, 2.75) is 69.8 Å². The van der Waals surface area contributed by atoms with Crippen LogP contribution in [-0.4, -0.2) is 43.9 Å². The summed E-state index contributed by atoms with van der Waals surface area (Å²) in [6, 6.07) is 8.83. The second-order valence-corrected chi connectivity index (χ2v) is 8.49. The molecule has 1 aromatic heterocycles. The van der Waals surface area contributed by atoms with Gasteiger partial charge in [-0.3, -0.25) is 4.79 Å². The summed E-state index contributed by atoms with van der Waals surface area (Å²) >= 11 is 1.06. The van der Waals surface area contributed by atoms with Gasteiger partial charge in [-0.25, -0.2) is 4.98 Å². The molecular formula is C20H26F3N3OS. The van der Waals surface area contributed by atoms with Crippen LogP contribution >= 0.6 is 11.8 Å². The summed E-state index contributed by atoms with van der Waals surface area (Å²) < 4.78 is 40.7. The number of hydrogen-bond acceptors (Lipinski definition) is 3. The van der Waals surface area contributed by atoms with Gasteiger partial charge in [-0.05, 0) is 40.2 Å². The third-order valence-electron chi connectivity index (χ3n) is 4.22. The number of imidazole rings is 1. The fourth-order valence-corrected chi connectivity index (χ4v) is 4.09. The molecule has 1 unspecified atom stereocenters. The molecule has 0 aliphatic carbocycles.